The van der Waals surface area contributed by atoms with E-state index >= 15 is 0 Å². The summed E-state index contributed by atoms with van der Waals surface area (Å²) in [5, 5.41) is 22.3. The SMILES string of the molecule is CCc1cc(Nc2nccn3c(-c4ccc(OC)c(F)c4F)cnc23)ccc1C(=O)NC1CCCCC1NC(=O)C1CC(O)CN1. The number of aromatic nitrogens is 3. The van der Waals surface area contributed by atoms with Gasteiger partial charge in [0.15, 0.2) is 23.0 Å². The molecule has 1 saturated carbocycles. The number of imidazole rings is 1. The van der Waals surface area contributed by atoms with Crippen LogP contribution in [0.15, 0.2) is 48.9 Å². The van der Waals surface area contributed by atoms with Crippen molar-refractivity contribution in [2.75, 3.05) is 19.0 Å². The van der Waals surface area contributed by atoms with Gasteiger partial charge in [0.2, 0.25) is 11.7 Å². The summed E-state index contributed by atoms with van der Waals surface area (Å²) in [6.45, 7) is 2.36. The van der Waals surface area contributed by atoms with Crippen molar-refractivity contribution in [1.82, 2.24) is 30.3 Å². The lowest BCUT2D eigenvalue weighted by Gasteiger charge is -2.33. The molecule has 46 heavy (non-hydrogen) atoms. The molecule has 1 aliphatic carbocycles. The molecule has 4 atom stereocenters. The first kappa shape index (κ1) is 31.4. The summed E-state index contributed by atoms with van der Waals surface area (Å²) in [7, 11) is 1.27. The fourth-order valence-corrected chi connectivity index (χ4v) is 6.34. The summed E-state index contributed by atoms with van der Waals surface area (Å²) in [5.74, 6) is -2.28. The number of halogens is 2. The topological polar surface area (TPSA) is 142 Å². The Morgan fingerprint density at radius 2 is 1.87 bits per heavy atom. The van der Waals surface area contributed by atoms with Crippen LogP contribution in [0.4, 0.5) is 20.3 Å². The minimum absolute atomic E-state index is 0.0281. The zero-order valence-electron chi connectivity index (χ0n) is 25.6. The van der Waals surface area contributed by atoms with Crippen LogP contribution < -0.4 is 26.0 Å². The number of carbonyl (C=O) groups excluding carboxylic acids is 2. The van der Waals surface area contributed by atoms with Gasteiger partial charge in [-0.05, 0) is 61.6 Å². The molecule has 13 heteroatoms. The lowest BCUT2D eigenvalue weighted by Crippen LogP contribution is -2.56. The minimum atomic E-state index is -1.08. The van der Waals surface area contributed by atoms with Crippen LogP contribution in [0.2, 0.25) is 0 Å². The quantitative estimate of drug-likeness (QED) is 0.187. The van der Waals surface area contributed by atoms with E-state index in [4.69, 9.17) is 4.74 Å². The van der Waals surface area contributed by atoms with Gasteiger partial charge in [-0.3, -0.25) is 14.0 Å². The third kappa shape index (κ3) is 6.24. The number of amides is 2. The zero-order valence-corrected chi connectivity index (χ0v) is 25.6. The molecule has 2 aromatic heterocycles. The van der Waals surface area contributed by atoms with Crippen molar-refractivity contribution in [2.45, 2.75) is 69.7 Å². The Balaban J connectivity index is 1.18. The molecule has 0 bridgehead atoms. The molecule has 0 spiro atoms. The molecule has 6 rings (SSSR count). The molecule has 3 heterocycles. The van der Waals surface area contributed by atoms with Gasteiger partial charge in [-0.1, -0.05) is 19.8 Å². The highest BCUT2D eigenvalue weighted by molar-refractivity contribution is 5.96. The van der Waals surface area contributed by atoms with Crippen molar-refractivity contribution < 1.29 is 28.2 Å². The second-order valence-electron chi connectivity index (χ2n) is 11.7. The zero-order chi connectivity index (χ0) is 32.4. The number of hydrogen-bond acceptors (Lipinski definition) is 8. The molecule has 2 fully saturated rings. The molecule has 2 aliphatic rings. The van der Waals surface area contributed by atoms with Crippen LogP contribution in [-0.2, 0) is 11.2 Å². The normalized spacial score (nSPS) is 21.2. The molecular formula is C33H37F2N7O4. The van der Waals surface area contributed by atoms with E-state index in [1.165, 1.54) is 31.6 Å². The Bertz CT molecular complexity index is 1760. The van der Waals surface area contributed by atoms with E-state index in [2.05, 4.69) is 31.2 Å². The maximum absolute atomic E-state index is 14.9. The molecule has 2 aromatic carbocycles. The Kier molecular flexibility index (Phi) is 9.13. The Labute approximate surface area is 264 Å². The van der Waals surface area contributed by atoms with Gasteiger partial charge in [-0.15, -0.1) is 0 Å². The maximum atomic E-state index is 14.9. The number of ether oxygens (including phenoxy) is 1. The van der Waals surface area contributed by atoms with E-state index in [0.717, 1.165) is 31.2 Å². The highest BCUT2D eigenvalue weighted by Gasteiger charge is 2.33. The van der Waals surface area contributed by atoms with E-state index in [-0.39, 0.29) is 35.2 Å². The number of β-amino-alcohol motifs (C(OH)–C–C–N with tert-alkyl or cyclic N) is 1. The van der Waals surface area contributed by atoms with Gasteiger partial charge < -0.3 is 31.1 Å². The fourth-order valence-electron chi connectivity index (χ4n) is 6.34. The van der Waals surface area contributed by atoms with Crippen molar-refractivity contribution in [3.63, 3.8) is 0 Å². The van der Waals surface area contributed by atoms with Gasteiger partial charge in [-0.25, -0.2) is 14.4 Å². The minimum Gasteiger partial charge on any atom is -0.494 e. The van der Waals surface area contributed by atoms with Crippen molar-refractivity contribution in [3.8, 4) is 17.0 Å². The van der Waals surface area contributed by atoms with E-state index in [1.807, 2.05) is 13.0 Å². The fraction of sp³-hybridized carbons (Fsp3) is 0.394. The molecular weight excluding hydrogens is 596 g/mol. The number of benzene rings is 2. The molecule has 4 aromatic rings. The summed E-state index contributed by atoms with van der Waals surface area (Å²) >= 11 is 0. The van der Waals surface area contributed by atoms with Crippen LogP contribution in [0.5, 0.6) is 5.75 Å². The van der Waals surface area contributed by atoms with Gasteiger partial charge >= 0.3 is 0 Å². The number of aliphatic hydroxyl groups excluding tert-OH is 1. The lowest BCUT2D eigenvalue weighted by molar-refractivity contribution is -0.124. The van der Waals surface area contributed by atoms with Crippen LogP contribution in [-0.4, -0.2) is 69.2 Å². The number of hydrogen-bond donors (Lipinski definition) is 5. The molecule has 242 valence electrons. The van der Waals surface area contributed by atoms with Gasteiger partial charge in [0.05, 0.1) is 31.1 Å². The number of aryl methyl sites for hydroxylation is 1. The molecule has 1 saturated heterocycles. The average Bonchev–Trinajstić information content (AvgIpc) is 3.70. The van der Waals surface area contributed by atoms with E-state index in [9.17, 15) is 23.5 Å². The third-order valence-electron chi connectivity index (χ3n) is 8.80. The van der Waals surface area contributed by atoms with E-state index in [0.29, 0.717) is 47.8 Å². The van der Waals surface area contributed by atoms with Crippen LogP contribution in [0.1, 0.15) is 54.9 Å². The molecule has 1 aliphatic heterocycles. The number of nitrogens with one attached hydrogen (secondary N) is 4. The monoisotopic (exact) mass is 633 g/mol. The number of rotatable bonds is 9. The average molecular weight is 634 g/mol. The van der Waals surface area contributed by atoms with Crippen LogP contribution in [0, 0.1) is 11.6 Å². The van der Waals surface area contributed by atoms with Gasteiger partial charge in [0.1, 0.15) is 0 Å². The van der Waals surface area contributed by atoms with E-state index < -0.39 is 23.8 Å². The predicted molar refractivity (Wildman–Crippen MR) is 168 cm³/mol. The van der Waals surface area contributed by atoms with Crippen LogP contribution in [0.25, 0.3) is 16.9 Å². The molecule has 2 amide bonds. The molecule has 4 unspecified atom stereocenters. The number of carbonyl (C=O) groups is 2. The molecule has 5 N–H and O–H groups in total. The highest BCUT2D eigenvalue weighted by atomic mass is 19.2. The largest absolute Gasteiger partial charge is 0.494 e. The summed E-state index contributed by atoms with van der Waals surface area (Å²) in [5.41, 5.74) is 2.80. The maximum Gasteiger partial charge on any atom is 0.251 e. The Morgan fingerprint density at radius 3 is 2.59 bits per heavy atom. The highest BCUT2D eigenvalue weighted by Crippen LogP contribution is 2.32. The van der Waals surface area contributed by atoms with Crippen LogP contribution in [0.3, 0.4) is 0 Å². The first-order chi connectivity index (χ1) is 22.3. The van der Waals surface area contributed by atoms with Gasteiger partial charge in [-0.2, -0.15) is 4.39 Å². The lowest BCUT2D eigenvalue weighted by atomic mass is 9.89. The summed E-state index contributed by atoms with van der Waals surface area (Å²) < 4.78 is 35.8. The number of aliphatic hydroxyl groups is 1. The number of nitrogens with zero attached hydrogens (tertiary/aromatic N) is 3. The Hall–Kier alpha value is -4.62. The van der Waals surface area contributed by atoms with Crippen molar-refractivity contribution in [2.24, 2.45) is 0 Å². The number of methoxy groups -OCH3 is 1. The number of anilines is 2. The van der Waals surface area contributed by atoms with Crippen molar-refractivity contribution in [1.29, 1.82) is 0 Å². The van der Waals surface area contributed by atoms with Gasteiger partial charge in [0, 0.05) is 47.8 Å². The molecule has 0 radical (unpaired) electrons. The van der Waals surface area contributed by atoms with E-state index in [1.54, 1.807) is 22.7 Å². The first-order valence-electron chi connectivity index (χ1n) is 15.5. The number of fused-ring (bicyclic) bond motifs is 1. The van der Waals surface area contributed by atoms with Crippen molar-refractivity contribution in [3.05, 3.63) is 71.7 Å². The second kappa shape index (κ2) is 13.4. The Morgan fingerprint density at radius 1 is 1.09 bits per heavy atom. The predicted octanol–water partition coefficient (Wildman–Crippen LogP) is 3.87. The molecule has 11 nitrogen and oxygen atoms in total. The van der Waals surface area contributed by atoms with Crippen molar-refractivity contribution >= 4 is 29.0 Å². The standard InChI is InChI=1S/C33H37F2N7O4/c1-3-18-14-19(39-30-31-38-17-26(42(31)13-12-36-30)22-10-11-27(46-2)29(35)28(22)34)8-9-21(18)32(44)40-23-6-4-5-7-24(23)41-33(45)25-15-20(43)16-37-25/h8-14,17,20,23-25,37,43H,3-7,15-16H2,1-2H3,(H,36,39)(H,40,44)(H,41,45). The summed E-state index contributed by atoms with van der Waals surface area (Å²) in [4.78, 5) is 35.2. The second-order valence-corrected chi connectivity index (χ2v) is 11.7. The third-order valence-corrected chi connectivity index (χ3v) is 8.80. The van der Waals surface area contributed by atoms with Crippen LogP contribution >= 0.6 is 0 Å². The summed E-state index contributed by atoms with van der Waals surface area (Å²) in [6.07, 6.45) is 8.48. The van der Waals surface area contributed by atoms with Gasteiger partial charge in [0.25, 0.3) is 5.91 Å². The smallest absolute Gasteiger partial charge is 0.251 e. The first-order valence-corrected chi connectivity index (χ1v) is 15.5. The summed E-state index contributed by atoms with van der Waals surface area (Å²) in [6, 6.07) is 7.38.